The van der Waals surface area contributed by atoms with E-state index < -0.39 is 47.3 Å². The predicted octanol–water partition coefficient (Wildman–Crippen LogP) is 10.0. The molecule has 2 saturated carbocycles. The van der Waals surface area contributed by atoms with E-state index >= 15 is 0 Å². The first-order valence-electron chi connectivity index (χ1n) is 24.9. The third-order valence-electron chi connectivity index (χ3n) is 13.3. The summed E-state index contributed by atoms with van der Waals surface area (Å²) in [6.45, 7) is 10.4. The zero-order valence-electron chi connectivity index (χ0n) is 40.9. The van der Waals surface area contributed by atoms with E-state index in [1.807, 2.05) is 0 Å². The minimum atomic E-state index is -1.36. The number of hydrogen-bond acceptors (Lipinski definition) is 15. The molecule has 0 bridgehead atoms. The van der Waals surface area contributed by atoms with Gasteiger partial charge in [0.25, 0.3) is 0 Å². The molecule has 0 radical (unpaired) electrons. The van der Waals surface area contributed by atoms with E-state index in [1.165, 1.54) is 25.3 Å². The molecular weight excluding hydrogens is 901 g/mol. The first-order valence-corrected chi connectivity index (χ1v) is 24.9. The number of ether oxygens (including phenoxy) is 8. The minimum absolute atomic E-state index is 0.0318. The Morgan fingerprint density at radius 1 is 0.629 bits per heavy atom. The van der Waals surface area contributed by atoms with Crippen molar-refractivity contribution >= 4 is 42.1 Å². The topological polar surface area (TPSA) is 193 Å². The van der Waals surface area contributed by atoms with Gasteiger partial charge in [-0.3, -0.25) is 14.4 Å². The molecule has 1 spiro atoms. The Balaban J connectivity index is 1.27. The van der Waals surface area contributed by atoms with Gasteiger partial charge in [0.05, 0.1) is 62.3 Å². The molecule has 4 aliphatic rings. The molecule has 0 aromatic heterocycles. The van der Waals surface area contributed by atoms with Gasteiger partial charge in [-0.1, -0.05) is 45.8 Å². The average Bonchev–Trinajstić information content (AvgIpc) is 3.72. The van der Waals surface area contributed by atoms with E-state index in [9.17, 15) is 33.6 Å². The van der Waals surface area contributed by atoms with Crippen molar-refractivity contribution in [2.24, 2.45) is 23.2 Å². The van der Waals surface area contributed by atoms with E-state index in [0.29, 0.717) is 102 Å². The lowest BCUT2D eigenvalue weighted by Crippen LogP contribution is -2.38. The quantitative estimate of drug-likeness (QED) is 0.0192. The van der Waals surface area contributed by atoms with Crippen molar-refractivity contribution in [1.29, 1.82) is 0 Å². The van der Waals surface area contributed by atoms with Crippen LogP contribution in [0.25, 0.3) is 0 Å². The van der Waals surface area contributed by atoms with Gasteiger partial charge in [-0.2, -0.15) is 0 Å². The highest BCUT2D eigenvalue weighted by Gasteiger charge is 2.54. The summed E-state index contributed by atoms with van der Waals surface area (Å²) in [6, 6.07) is 4.12. The molecule has 1 aromatic carbocycles. The number of allylic oxidation sites excluding steroid dienone is 5. The lowest BCUT2D eigenvalue weighted by molar-refractivity contribution is -0.152. The number of carbonyl (C=O) groups excluding carboxylic acids is 7. The SMILES string of the molecule is C=CC(=O)OCCCCCCCCOC1=CC=C(OC(=O)[C@H]2CC[C@H](C)CC2)C2(C1)C(OCCCCCCOC(=O)C=C)=CC=C2C(=O)O[C@H]1CC[C@H](C(=O)Oc2ccc(C(=O)OC)c(C=O)c2)CC1. The van der Waals surface area contributed by atoms with Crippen molar-refractivity contribution < 1.29 is 71.5 Å². The number of hydrogen-bond donors (Lipinski definition) is 0. The molecule has 1 aromatic rings. The van der Waals surface area contributed by atoms with Gasteiger partial charge >= 0.3 is 35.8 Å². The second-order valence-electron chi connectivity index (χ2n) is 18.4. The Morgan fingerprint density at radius 2 is 1.17 bits per heavy atom. The molecule has 0 N–H and O–H groups in total. The lowest BCUT2D eigenvalue weighted by atomic mass is 9.73. The van der Waals surface area contributed by atoms with Gasteiger partial charge in [0.2, 0.25) is 0 Å². The number of esters is 6. The molecule has 15 heteroatoms. The highest BCUT2D eigenvalue weighted by Crippen LogP contribution is 2.54. The smallest absolute Gasteiger partial charge is 0.338 e. The first kappa shape index (κ1) is 54.7. The average molecular weight is 971 g/mol. The zero-order chi connectivity index (χ0) is 50.3. The van der Waals surface area contributed by atoms with Crippen LogP contribution in [0.3, 0.4) is 0 Å². The molecule has 0 heterocycles. The van der Waals surface area contributed by atoms with E-state index in [-0.39, 0.29) is 46.5 Å². The number of benzene rings is 1. The summed E-state index contributed by atoms with van der Waals surface area (Å²) in [5, 5.41) is 0. The molecule has 380 valence electrons. The van der Waals surface area contributed by atoms with Crippen molar-refractivity contribution in [1.82, 2.24) is 0 Å². The predicted molar refractivity (Wildman–Crippen MR) is 258 cm³/mol. The summed E-state index contributed by atoms with van der Waals surface area (Å²) >= 11 is 0. The van der Waals surface area contributed by atoms with Crippen LogP contribution >= 0.6 is 0 Å². The molecule has 0 aliphatic heterocycles. The summed E-state index contributed by atoms with van der Waals surface area (Å²) in [4.78, 5) is 88.3. The number of methoxy groups -OCH3 is 1. The summed E-state index contributed by atoms with van der Waals surface area (Å²) < 4.78 is 46.1. The standard InChI is InChI=1S/C55H70O15/c1-5-49(57)66-33-15-10-8-7-9-13-31-64-44-26-29-48(70-52(60)39-19-17-38(3)18-20-39)55(36-44)46(28-30-47(55)65-32-14-11-12-16-34-67-50(58)6-2)54(62)68-42-23-21-40(22-24-42)51(59)69-43-25-27-45(53(61)63-4)41(35-43)37-56/h5-6,25-30,35,37-40,42H,1-2,7-24,31-34,36H2,3-4H3/t38-,39-,40-,42-,55?. The lowest BCUT2D eigenvalue weighted by Gasteiger charge is -2.39. The van der Waals surface area contributed by atoms with Crippen LogP contribution in [0, 0.1) is 23.2 Å². The molecule has 0 amide bonds. The van der Waals surface area contributed by atoms with Gasteiger partial charge < -0.3 is 37.9 Å². The van der Waals surface area contributed by atoms with Crippen molar-refractivity contribution in [2.75, 3.05) is 33.5 Å². The van der Waals surface area contributed by atoms with Crippen molar-refractivity contribution in [2.45, 2.75) is 135 Å². The fraction of sp³-hybridized carbons (Fsp3) is 0.545. The van der Waals surface area contributed by atoms with Gasteiger partial charge in [-0.25, -0.2) is 19.2 Å². The Bertz CT molecular complexity index is 2150. The van der Waals surface area contributed by atoms with Crippen LogP contribution in [0.1, 0.15) is 150 Å². The van der Waals surface area contributed by atoms with Crippen molar-refractivity contribution in [3.8, 4) is 5.75 Å². The second kappa shape index (κ2) is 28.4. The number of rotatable bonds is 28. The summed E-state index contributed by atoms with van der Waals surface area (Å²) in [7, 11) is 1.21. The Hall–Kier alpha value is -6.25. The molecule has 4 aliphatic carbocycles. The van der Waals surface area contributed by atoms with E-state index in [1.54, 1.807) is 24.3 Å². The number of unbranched alkanes of at least 4 members (excludes halogenated alkanes) is 8. The zero-order valence-corrected chi connectivity index (χ0v) is 40.9. The van der Waals surface area contributed by atoms with Crippen LogP contribution in [0.4, 0.5) is 0 Å². The van der Waals surface area contributed by atoms with Crippen LogP contribution in [0.2, 0.25) is 0 Å². The van der Waals surface area contributed by atoms with Crippen LogP contribution in [-0.2, 0) is 57.1 Å². The minimum Gasteiger partial charge on any atom is -0.498 e. The van der Waals surface area contributed by atoms with Crippen LogP contribution in [0.5, 0.6) is 5.75 Å². The normalized spacial score (nSPS) is 21.6. The first-order chi connectivity index (χ1) is 33.9. The maximum atomic E-state index is 14.6. The van der Waals surface area contributed by atoms with Gasteiger partial charge in [0.15, 0.2) is 6.29 Å². The van der Waals surface area contributed by atoms with Crippen molar-refractivity contribution in [3.63, 3.8) is 0 Å². The largest absolute Gasteiger partial charge is 0.498 e. The van der Waals surface area contributed by atoms with Gasteiger partial charge in [-0.15, -0.1) is 0 Å². The summed E-state index contributed by atoms with van der Waals surface area (Å²) in [6.07, 6.45) is 22.5. The van der Waals surface area contributed by atoms with Gasteiger partial charge in [0, 0.05) is 24.1 Å². The van der Waals surface area contributed by atoms with Crippen LogP contribution in [-0.4, -0.2) is 81.7 Å². The van der Waals surface area contributed by atoms with E-state index in [4.69, 9.17) is 37.9 Å². The fourth-order valence-corrected chi connectivity index (χ4v) is 9.20. The molecule has 5 rings (SSSR count). The van der Waals surface area contributed by atoms with Gasteiger partial charge in [0.1, 0.15) is 28.8 Å². The molecule has 70 heavy (non-hydrogen) atoms. The fourth-order valence-electron chi connectivity index (χ4n) is 9.20. The Kier molecular flexibility index (Phi) is 22.2. The van der Waals surface area contributed by atoms with Crippen LogP contribution < -0.4 is 4.74 Å². The summed E-state index contributed by atoms with van der Waals surface area (Å²) in [5.41, 5.74) is -1.03. The van der Waals surface area contributed by atoms with E-state index in [2.05, 4.69) is 20.1 Å². The van der Waals surface area contributed by atoms with E-state index in [0.717, 1.165) is 76.4 Å². The molecular formula is C55H70O15. The molecule has 15 nitrogen and oxygen atoms in total. The summed E-state index contributed by atoms with van der Waals surface area (Å²) in [5.74, 6) is -1.85. The Labute approximate surface area is 411 Å². The maximum Gasteiger partial charge on any atom is 0.338 e. The van der Waals surface area contributed by atoms with Gasteiger partial charge in [-0.05, 0) is 138 Å². The Morgan fingerprint density at radius 3 is 1.76 bits per heavy atom. The highest BCUT2D eigenvalue weighted by molar-refractivity contribution is 5.98. The highest BCUT2D eigenvalue weighted by atomic mass is 16.6. The third-order valence-corrected chi connectivity index (χ3v) is 13.3. The molecule has 0 saturated heterocycles. The molecule has 1 atom stereocenters. The van der Waals surface area contributed by atoms with Crippen LogP contribution in [0.15, 0.2) is 90.7 Å². The number of carbonyl (C=O) groups is 7. The molecule has 2 fully saturated rings. The number of aldehydes is 1. The molecule has 1 unspecified atom stereocenters. The maximum absolute atomic E-state index is 14.6. The van der Waals surface area contributed by atoms with Crippen molar-refractivity contribution in [3.05, 3.63) is 102 Å². The monoisotopic (exact) mass is 970 g/mol. The second-order valence-corrected chi connectivity index (χ2v) is 18.4. The third kappa shape index (κ3) is 15.9.